The molecule has 0 aliphatic carbocycles. The van der Waals surface area contributed by atoms with Crippen molar-refractivity contribution in [2.24, 2.45) is 10.1 Å². The summed E-state index contributed by atoms with van der Waals surface area (Å²) in [5.41, 5.74) is 3.37. The molecule has 0 radical (unpaired) electrons. The Morgan fingerprint density at radius 3 is 2.81 bits per heavy atom. The number of aromatic nitrogens is 1. The number of rotatable bonds is 5. The quantitative estimate of drug-likeness (QED) is 0.449. The molecule has 1 heterocycles. The lowest BCUT2D eigenvalue weighted by Crippen LogP contribution is -2.14. The summed E-state index contributed by atoms with van der Waals surface area (Å²) >= 11 is 5.04. The SMILES string of the molecule is C=CCN=c1scc(-c2cccc(Br)c2)n1N=C(C)c1ccccc1O. The molecule has 4 nitrogen and oxygen atoms in total. The molecule has 132 valence electrons. The molecule has 2 aromatic carbocycles. The first-order chi connectivity index (χ1) is 12.6. The van der Waals surface area contributed by atoms with Crippen LogP contribution in [0.3, 0.4) is 0 Å². The Bertz CT molecular complexity index is 1030. The molecule has 0 aliphatic heterocycles. The van der Waals surface area contributed by atoms with Gasteiger partial charge in [-0.25, -0.2) is 4.68 Å². The molecule has 1 N–H and O–H groups in total. The van der Waals surface area contributed by atoms with E-state index in [1.807, 2.05) is 53.4 Å². The minimum absolute atomic E-state index is 0.207. The van der Waals surface area contributed by atoms with Crippen molar-refractivity contribution in [2.75, 3.05) is 6.54 Å². The zero-order valence-corrected chi connectivity index (χ0v) is 16.7. The van der Waals surface area contributed by atoms with E-state index in [0.717, 1.165) is 20.5 Å². The molecule has 0 aliphatic rings. The number of hydrogen-bond donors (Lipinski definition) is 1. The Balaban J connectivity index is 2.18. The predicted octanol–water partition coefficient (Wildman–Crippen LogP) is 5.04. The third-order valence-electron chi connectivity index (χ3n) is 3.71. The molecule has 0 unspecified atom stereocenters. The fourth-order valence-electron chi connectivity index (χ4n) is 2.48. The molecular weight excluding hydrogens is 410 g/mol. The zero-order valence-electron chi connectivity index (χ0n) is 14.3. The molecule has 0 atom stereocenters. The van der Waals surface area contributed by atoms with Crippen LogP contribution in [0.2, 0.25) is 0 Å². The summed E-state index contributed by atoms with van der Waals surface area (Å²) in [7, 11) is 0. The average Bonchev–Trinajstić information content (AvgIpc) is 3.02. The lowest BCUT2D eigenvalue weighted by atomic mass is 10.1. The van der Waals surface area contributed by atoms with Crippen LogP contribution in [-0.4, -0.2) is 22.0 Å². The highest BCUT2D eigenvalue weighted by molar-refractivity contribution is 9.10. The smallest absolute Gasteiger partial charge is 0.206 e. The maximum absolute atomic E-state index is 10.1. The monoisotopic (exact) mass is 427 g/mol. The molecule has 0 amide bonds. The van der Waals surface area contributed by atoms with Crippen LogP contribution >= 0.6 is 27.3 Å². The van der Waals surface area contributed by atoms with Gasteiger partial charge >= 0.3 is 0 Å². The number of aromatic hydroxyl groups is 1. The zero-order chi connectivity index (χ0) is 18.5. The minimum Gasteiger partial charge on any atom is -0.507 e. The van der Waals surface area contributed by atoms with Crippen molar-refractivity contribution in [3.05, 3.63) is 81.4 Å². The highest BCUT2D eigenvalue weighted by Crippen LogP contribution is 2.24. The maximum atomic E-state index is 10.1. The number of halogens is 1. The molecule has 0 saturated heterocycles. The van der Waals surface area contributed by atoms with Gasteiger partial charge < -0.3 is 5.11 Å². The molecule has 0 spiro atoms. The van der Waals surface area contributed by atoms with Gasteiger partial charge in [0.15, 0.2) is 0 Å². The first-order valence-electron chi connectivity index (χ1n) is 8.02. The van der Waals surface area contributed by atoms with Crippen LogP contribution in [0.4, 0.5) is 0 Å². The van der Waals surface area contributed by atoms with Crippen LogP contribution in [-0.2, 0) is 0 Å². The van der Waals surface area contributed by atoms with Gasteiger partial charge in [0.2, 0.25) is 4.80 Å². The van der Waals surface area contributed by atoms with E-state index in [-0.39, 0.29) is 5.75 Å². The third kappa shape index (κ3) is 4.03. The number of benzene rings is 2. The lowest BCUT2D eigenvalue weighted by Gasteiger charge is -2.07. The molecule has 0 saturated carbocycles. The summed E-state index contributed by atoms with van der Waals surface area (Å²) in [4.78, 5) is 5.32. The number of nitrogens with zero attached hydrogens (tertiary/aromatic N) is 3. The molecule has 0 fully saturated rings. The Kier molecular flexibility index (Phi) is 5.85. The highest BCUT2D eigenvalue weighted by atomic mass is 79.9. The normalized spacial score (nSPS) is 12.4. The molecule has 6 heteroatoms. The van der Waals surface area contributed by atoms with Gasteiger partial charge in [-0.1, -0.05) is 46.3 Å². The number of phenols is 1. The second kappa shape index (κ2) is 8.29. The third-order valence-corrected chi connectivity index (χ3v) is 5.05. The van der Waals surface area contributed by atoms with Crippen molar-refractivity contribution < 1.29 is 5.11 Å². The molecule has 3 rings (SSSR count). The van der Waals surface area contributed by atoms with Gasteiger partial charge in [0.25, 0.3) is 0 Å². The fraction of sp³-hybridized carbons (Fsp3) is 0.100. The predicted molar refractivity (Wildman–Crippen MR) is 112 cm³/mol. The van der Waals surface area contributed by atoms with Gasteiger partial charge in [-0.15, -0.1) is 17.9 Å². The van der Waals surface area contributed by atoms with Crippen LogP contribution < -0.4 is 4.80 Å². The summed E-state index contributed by atoms with van der Waals surface area (Å²) in [6, 6.07) is 15.2. The summed E-state index contributed by atoms with van der Waals surface area (Å²) in [6.07, 6.45) is 1.75. The minimum atomic E-state index is 0.207. The van der Waals surface area contributed by atoms with Crippen molar-refractivity contribution in [1.82, 2.24) is 4.68 Å². The highest BCUT2D eigenvalue weighted by Gasteiger charge is 2.10. The molecule has 1 aromatic heterocycles. The Labute approximate surface area is 164 Å². The molecule has 3 aromatic rings. The van der Waals surface area contributed by atoms with E-state index in [0.29, 0.717) is 17.8 Å². The molecule has 26 heavy (non-hydrogen) atoms. The van der Waals surface area contributed by atoms with Gasteiger partial charge in [0.05, 0.1) is 18.0 Å². The van der Waals surface area contributed by atoms with E-state index in [2.05, 4.69) is 27.5 Å². The van der Waals surface area contributed by atoms with Crippen LogP contribution in [0.25, 0.3) is 11.3 Å². The summed E-state index contributed by atoms with van der Waals surface area (Å²) < 4.78 is 2.82. The Morgan fingerprint density at radius 1 is 1.27 bits per heavy atom. The van der Waals surface area contributed by atoms with E-state index in [9.17, 15) is 5.11 Å². The lowest BCUT2D eigenvalue weighted by molar-refractivity contribution is 0.474. The van der Waals surface area contributed by atoms with Crippen LogP contribution in [0.5, 0.6) is 5.75 Å². The second-order valence-corrected chi connectivity index (χ2v) is 7.31. The Hall–Kier alpha value is -2.44. The number of thiazole rings is 1. The van der Waals surface area contributed by atoms with Crippen molar-refractivity contribution in [3.8, 4) is 17.0 Å². The largest absolute Gasteiger partial charge is 0.507 e. The topological polar surface area (TPSA) is 49.9 Å². The standard InChI is InChI=1S/C20H18BrN3OS/c1-3-11-22-20-24(23-14(2)17-9-4-5-10-19(17)25)18(13-26-20)15-7-6-8-16(21)12-15/h3-10,12-13,25H,1,11H2,2H3. The van der Waals surface area contributed by atoms with Crippen LogP contribution in [0.1, 0.15) is 12.5 Å². The van der Waals surface area contributed by atoms with E-state index in [4.69, 9.17) is 5.10 Å². The average molecular weight is 428 g/mol. The first kappa shape index (κ1) is 18.4. The van der Waals surface area contributed by atoms with Gasteiger partial charge in [-0.2, -0.15) is 5.10 Å². The maximum Gasteiger partial charge on any atom is 0.206 e. The van der Waals surface area contributed by atoms with E-state index >= 15 is 0 Å². The van der Waals surface area contributed by atoms with Crippen molar-refractivity contribution >= 4 is 33.0 Å². The first-order valence-corrected chi connectivity index (χ1v) is 9.69. The number of phenolic OH excluding ortho intramolecular Hbond substituents is 1. The van der Waals surface area contributed by atoms with E-state index < -0.39 is 0 Å². The van der Waals surface area contributed by atoms with Gasteiger partial charge in [-0.3, -0.25) is 4.99 Å². The van der Waals surface area contributed by atoms with Crippen LogP contribution in [0.15, 0.2) is 81.1 Å². The van der Waals surface area contributed by atoms with Gasteiger partial charge in [-0.05, 0) is 31.2 Å². The molecular formula is C20H18BrN3OS. The number of hydrogen-bond acceptors (Lipinski definition) is 4. The van der Waals surface area contributed by atoms with Crippen molar-refractivity contribution in [3.63, 3.8) is 0 Å². The van der Waals surface area contributed by atoms with E-state index in [1.165, 1.54) is 11.3 Å². The second-order valence-electron chi connectivity index (χ2n) is 5.56. The fourth-order valence-corrected chi connectivity index (χ4v) is 3.72. The van der Waals surface area contributed by atoms with Crippen molar-refractivity contribution in [1.29, 1.82) is 0 Å². The van der Waals surface area contributed by atoms with Gasteiger partial charge in [0, 0.05) is 21.0 Å². The summed E-state index contributed by atoms with van der Waals surface area (Å²) in [6.45, 7) is 6.12. The Morgan fingerprint density at radius 2 is 2.08 bits per heavy atom. The van der Waals surface area contributed by atoms with Crippen LogP contribution in [0, 0.1) is 0 Å². The van der Waals surface area contributed by atoms with Crippen molar-refractivity contribution in [2.45, 2.75) is 6.92 Å². The summed E-state index contributed by atoms with van der Waals surface area (Å²) in [5.74, 6) is 0.207. The number of para-hydroxylation sites is 1. The van der Waals surface area contributed by atoms with Gasteiger partial charge in [0.1, 0.15) is 5.75 Å². The molecule has 0 bridgehead atoms. The van der Waals surface area contributed by atoms with E-state index in [1.54, 1.807) is 18.2 Å². The summed E-state index contributed by atoms with van der Waals surface area (Å²) in [5, 5.41) is 16.9.